The number of para-hydroxylation sites is 1. The van der Waals surface area contributed by atoms with Crippen molar-refractivity contribution in [2.45, 2.75) is 0 Å². The largest absolute Gasteiger partial charge is 0.478 e. The average molecular weight is 493 g/mol. The number of halogens is 1. The van der Waals surface area contributed by atoms with Crippen molar-refractivity contribution in [2.24, 2.45) is 0 Å². The van der Waals surface area contributed by atoms with Gasteiger partial charge in [0, 0.05) is 12.1 Å². The van der Waals surface area contributed by atoms with E-state index in [1.54, 1.807) is 48.5 Å². The minimum atomic E-state index is -1.17. The number of carboxylic acids is 1. The molecule has 9 heteroatoms. The fourth-order valence-electron chi connectivity index (χ4n) is 3.44. The zero-order valence-electron chi connectivity index (χ0n) is 17.6. The van der Waals surface area contributed by atoms with Gasteiger partial charge in [0.05, 0.1) is 16.3 Å². The van der Waals surface area contributed by atoms with Gasteiger partial charge in [-0.2, -0.15) is 0 Å². The van der Waals surface area contributed by atoms with E-state index in [1.807, 2.05) is 0 Å². The third-order valence-corrected chi connectivity index (χ3v) is 5.78. The van der Waals surface area contributed by atoms with E-state index >= 15 is 0 Å². The maximum Gasteiger partial charge on any atom is 0.337 e. The highest BCUT2D eigenvalue weighted by Gasteiger charge is 2.40. The molecule has 0 bridgehead atoms. The summed E-state index contributed by atoms with van der Waals surface area (Å²) in [6.45, 7) is 3.79. The van der Waals surface area contributed by atoms with Gasteiger partial charge in [-0.15, -0.1) is 6.58 Å². The molecule has 2 heterocycles. The van der Waals surface area contributed by atoms with Crippen molar-refractivity contribution in [3.05, 3.63) is 95.2 Å². The zero-order valence-corrected chi connectivity index (χ0v) is 19.2. The minimum absolute atomic E-state index is 0.0562. The van der Waals surface area contributed by atoms with Crippen LogP contribution in [-0.2, 0) is 9.59 Å². The van der Waals surface area contributed by atoms with Crippen molar-refractivity contribution < 1.29 is 23.9 Å². The Morgan fingerprint density at radius 1 is 1.09 bits per heavy atom. The van der Waals surface area contributed by atoms with E-state index in [4.69, 9.17) is 28.2 Å². The van der Waals surface area contributed by atoms with Crippen LogP contribution in [0.25, 0.3) is 17.4 Å². The third-order valence-electron chi connectivity index (χ3n) is 5.05. The van der Waals surface area contributed by atoms with E-state index in [1.165, 1.54) is 34.1 Å². The molecular formula is C25H17ClN2O5S. The summed E-state index contributed by atoms with van der Waals surface area (Å²) >= 11 is 11.4. The Kier molecular flexibility index (Phi) is 6.45. The number of benzene rings is 2. The van der Waals surface area contributed by atoms with Crippen LogP contribution in [0.5, 0.6) is 0 Å². The molecule has 0 aliphatic carbocycles. The van der Waals surface area contributed by atoms with Gasteiger partial charge in [-0.1, -0.05) is 35.9 Å². The number of nitrogens with zero attached hydrogens (tertiary/aromatic N) is 2. The van der Waals surface area contributed by atoms with Gasteiger partial charge >= 0.3 is 5.97 Å². The molecule has 34 heavy (non-hydrogen) atoms. The van der Waals surface area contributed by atoms with Gasteiger partial charge in [0.15, 0.2) is 5.11 Å². The number of carbonyl (C=O) groups is 3. The van der Waals surface area contributed by atoms with Crippen LogP contribution in [0, 0.1) is 0 Å². The summed E-state index contributed by atoms with van der Waals surface area (Å²) < 4.78 is 5.80. The zero-order chi connectivity index (χ0) is 24.4. The summed E-state index contributed by atoms with van der Waals surface area (Å²) in [5.41, 5.74) is 0.795. The lowest BCUT2D eigenvalue weighted by Crippen LogP contribution is -2.56. The summed E-state index contributed by atoms with van der Waals surface area (Å²) in [7, 11) is 0. The number of thiocarbonyl (C=S) groups is 1. The monoisotopic (exact) mass is 492 g/mol. The number of hydrogen-bond donors (Lipinski definition) is 1. The van der Waals surface area contributed by atoms with E-state index in [0.29, 0.717) is 17.0 Å². The van der Waals surface area contributed by atoms with Gasteiger partial charge < -0.3 is 9.52 Å². The molecule has 0 saturated carbocycles. The SMILES string of the molecule is C=CCN1C(=O)/C(=C\c2ccc(-c3ccc(Cl)c(C(=O)O)c3)o2)C(=O)N(c2ccccc2)C1=S. The first-order valence-electron chi connectivity index (χ1n) is 10.0. The number of hydrogen-bond acceptors (Lipinski definition) is 5. The predicted molar refractivity (Wildman–Crippen MR) is 133 cm³/mol. The van der Waals surface area contributed by atoms with E-state index < -0.39 is 17.8 Å². The van der Waals surface area contributed by atoms with Gasteiger partial charge in [-0.25, -0.2) is 4.79 Å². The molecule has 170 valence electrons. The molecule has 1 saturated heterocycles. The van der Waals surface area contributed by atoms with Crippen LogP contribution in [-0.4, -0.2) is 39.4 Å². The Morgan fingerprint density at radius 2 is 1.82 bits per heavy atom. The van der Waals surface area contributed by atoms with Crippen molar-refractivity contribution in [2.75, 3.05) is 11.4 Å². The van der Waals surface area contributed by atoms with Crippen LogP contribution >= 0.6 is 23.8 Å². The summed E-state index contributed by atoms with van der Waals surface area (Å²) in [5.74, 6) is -1.74. The highest BCUT2D eigenvalue weighted by atomic mass is 35.5. The molecule has 1 aliphatic heterocycles. The Morgan fingerprint density at radius 3 is 2.50 bits per heavy atom. The maximum atomic E-state index is 13.3. The van der Waals surface area contributed by atoms with Gasteiger partial charge in [0.25, 0.3) is 11.8 Å². The number of carbonyl (C=O) groups excluding carboxylic acids is 2. The van der Waals surface area contributed by atoms with E-state index in [-0.39, 0.29) is 33.6 Å². The number of rotatable bonds is 6. The Labute approximate surface area is 205 Å². The van der Waals surface area contributed by atoms with E-state index in [0.717, 1.165) is 0 Å². The lowest BCUT2D eigenvalue weighted by molar-refractivity contribution is -0.127. The molecule has 2 amide bonds. The molecular weight excluding hydrogens is 476 g/mol. The quantitative estimate of drug-likeness (QED) is 0.225. The molecule has 0 spiro atoms. The van der Waals surface area contributed by atoms with Gasteiger partial charge in [-0.05, 0) is 60.8 Å². The fraction of sp³-hybridized carbons (Fsp3) is 0.0400. The number of furan rings is 1. The maximum absolute atomic E-state index is 13.3. The van der Waals surface area contributed by atoms with Crippen molar-refractivity contribution in [3.8, 4) is 11.3 Å². The molecule has 0 radical (unpaired) electrons. The summed E-state index contributed by atoms with van der Waals surface area (Å²) in [6, 6.07) is 16.4. The summed E-state index contributed by atoms with van der Waals surface area (Å²) in [6.07, 6.45) is 2.86. The first kappa shape index (κ1) is 23.2. The van der Waals surface area contributed by atoms with Crippen LogP contribution in [0.2, 0.25) is 5.02 Å². The fourth-order valence-corrected chi connectivity index (χ4v) is 3.98. The molecule has 1 N–H and O–H groups in total. The van der Waals surface area contributed by atoms with Crippen LogP contribution in [0.3, 0.4) is 0 Å². The van der Waals surface area contributed by atoms with Gasteiger partial charge in [0.2, 0.25) is 0 Å². The van der Waals surface area contributed by atoms with Crippen molar-refractivity contribution in [1.29, 1.82) is 0 Å². The molecule has 3 aromatic rings. The lowest BCUT2D eigenvalue weighted by atomic mass is 10.1. The normalized spacial score (nSPS) is 15.2. The number of amides is 2. The molecule has 2 aromatic carbocycles. The summed E-state index contributed by atoms with van der Waals surface area (Å²) in [5, 5.41) is 9.46. The number of anilines is 1. The molecule has 0 unspecified atom stereocenters. The lowest BCUT2D eigenvalue weighted by Gasteiger charge is -2.36. The van der Waals surface area contributed by atoms with Gasteiger partial charge in [0.1, 0.15) is 17.1 Å². The molecule has 0 atom stereocenters. The smallest absolute Gasteiger partial charge is 0.337 e. The molecule has 1 aliphatic rings. The first-order chi connectivity index (χ1) is 16.3. The number of carboxylic acid groups (broad SMARTS) is 1. The van der Waals surface area contributed by atoms with E-state index in [9.17, 15) is 19.5 Å². The van der Waals surface area contributed by atoms with Crippen molar-refractivity contribution >= 4 is 58.5 Å². The minimum Gasteiger partial charge on any atom is -0.478 e. The van der Waals surface area contributed by atoms with Crippen LogP contribution in [0.15, 0.2) is 83.3 Å². The molecule has 1 fully saturated rings. The van der Waals surface area contributed by atoms with Crippen molar-refractivity contribution in [1.82, 2.24) is 4.90 Å². The summed E-state index contributed by atoms with van der Waals surface area (Å²) in [4.78, 5) is 40.4. The molecule has 1 aromatic heterocycles. The van der Waals surface area contributed by atoms with Crippen LogP contribution in [0.4, 0.5) is 5.69 Å². The third kappa shape index (κ3) is 4.28. The Hall–Kier alpha value is -4.01. The topological polar surface area (TPSA) is 91.1 Å². The standard InChI is InChI=1S/C25H17ClN2O5S/c1-2-12-27-22(29)19(23(30)28(25(27)34)16-6-4-3-5-7-16)14-17-9-11-21(33-17)15-8-10-20(26)18(13-15)24(31)32/h2-11,13-14H,1,12H2,(H,31,32)/b19-14+. The highest BCUT2D eigenvalue weighted by molar-refractivity contribution is 7.80. The second-order valence-corrected chi connectivity index (χ2v) is 8.00. The number of aromatic carboxylic acids is 1. The predicted octanol–water partition coefficient (Wildman–Crippen LogP) is 5.03. The highest BCUT2D eigenvalue weighted by Crippen LogP contribution is 2.30. The second-order valence-electron chi connectivity index (χ2n) is 7.22. The van der Waals surface area contributed by atoms with Crippen molar-refractivity contribution in [3.63, 3.8) is 0 Å². The first-order valence-corrected chi connectivity index (χ1v) is 10.8. The Bertz CT molecular complexity index is 1360. The Balaban J connectivity index is 1.74. The molecule has 4 rings (SSSR count). The molecule has 7 nitrogen and oxygen atoms in total. The average Bonchev–Trinajstić information content (AvgIpc) is 3.29. The second kappa shape index (κ2) is 9.46. The van der Waals surface area contributed by atoms with Crippen LogP contribution < -0.4 is 4.90 Å². The van der Waals surface area contributed by atoms with E-state index in [2.05, 4.69) is 6.58 Å². The van der Waals surface area contributed by atoms with Crippen LogP contribution in [0.1, 0.15) is 16.1 Å². The van der Waals surface area contributed by atoms with Gasteiger partial charge in [-0.3, -0.25) is 19.4 Å².